The average molecular weight is 295 g/mol. The van der Waals surface area contributed by atoms with Crippen molar-refractivity contribution in [2.45, 2.75) is 25.9 Å². The lowest BCUT2D eigenvalue weighted by Crippen LogP contribution is -2.32. The lowest BCUT2D eigenvalue weighted by molar-refractivity contribution is -0.140. The number of carbonyl (C=O) groups excluding carboxylic acids is 2. The third-order valence-electron chi connectivity index (χ3n) is 1.96. The minimum Gasteiger partial charge on any atom is -0.347 e. The Kier molecular flexibility index (Phi) is 5.28. The predicted molar refractivity (Wildman–Crippen MR) is 63.7 cm³/mol. The van der Waals surface area contributed by atoms with Gasteiger partial charge in [0.05, 0.1) is 6.54 Å². The predicted octanol–water partition coefficient (Wildman–Crippen LogP) is 2.02. The molecule has 0 aliphatic heterocycles. The highest BCUT2D eigenvalue weighted by atomic mass is 32.1. The number of halogens is 3. The monoisotopic (exact) mass is 295 g/mol. The maximum atomic E-state index is 12.3. The van der Waals surface area contributed by atoms with Crippen LogP contribution in [-0.2, 0) is 15.8 Å². The zero-order chi connectivity index (χ0) is 14.5. The Bertz CT molecular complexity index is 459. The number of anilines is 1. The fourth-order valence-corrected chi connectivity index (χ4v) is 1.85. The standard InChI is InChI=1S/C10H12F3N3O2S/c1-2-3-7(17)14-4-8(18)16-9-15-6(5-19-9)10(11,12)13/h5H,2-4H2,1H3,(H,14,17)(H,15,16,18). The van der Waals surface area contributed by atoms with Crippen molar-refractivity contribution in [3.63, 3.8) is 0 Å². The van der Waals surface area contributed by atoms with Gasteiger partial charge >= 0.3 is 6.18 Å². The topological polar surface area (TPSA) is 71.1 Å². The first-order valence-corrected chi connectivity index (χ1v) is 6.30. The molecule has 0 unspecified atom stereocenters. The van der Waals surface area contributed by atoms with Crippen LogP contribution in [0.25, 0.3) is 0 Å². The van der Waals surface area contributed by atoms with E-state index in [1.165, 1.54) is 0 Å². The molecule has 2 N–H and O–H groups in total. The molecule has 106 valence electrons. The number of hydrogen-bond acceptors (Lipinski definition) is 4. The third kappa shape index (κ3) is 5.25. The summed E-state index contributed by atoms with van der Waals surface area (Å²) in [7, 11) is 0. The summed E-state index contributed by atoms with van der Waals surface area (Å²) in [6.45, 7) is 1.52. The van der Waals surface area contributed by atoms with Crippen LogP contribution in [0, 0.1) is 0 Å². The van der Waals surface area contributed by atoms with Gasteiger partial charge in [-0.05, 0) is 6.42 Å². The van der Waals surface area contributed by atoms with Crippen LogP contribution in [0.3, 0.4) is 0 Å². The van der Waals surface area contributed by atoms with Gasteiger partial charge in [-0.25, -0.2) is 4.98 Å². The Hall–Kier alpha value is -1.64. The minimum absolute atomic E-state index is 0.151. The van der Waals surface area contributed by atoms with E-state index in [0.29, 0.717) is 24.2 Å². The summed E-state index contributed by atoms with van der Waals surface area (Å²) < 4.78 is 36.8. The highest BCUT2D eigenvalue weighted by molar-refractivity contribution is 7.13. The fourth-order valence-electron chi connectivity index (χ4n) is 1.12. The number of alkyl halides is 3. The van der Waals surface area contributed by atoms with Crippen LogP contribution in [0.4, 0.5) is 18.3 Å². The first-order valence-electron chi connectivity index (χ1n) is 5.42. The maximum Gasteiger partial charge on any atom is 0.434 e. The molecule has 0 aliphatic carbocycles. The van der Waals surface area contributed by atoms with Crippen molar-refractivity contribution in [1.29, 1.82) is 0 Å². The molecule has 1 aromatic heterocycles. The Morgan fingerprint density at radius 3 is 2.58 bits per heavy atom. The Balaban J connectivity index is 2.45. The zero-order valence-corrected chi connectivity index (χ0v) is 10.8. The SMILES string of the molecule is CCCC(=O)NCC(=O)Nc1nc(C(F)(F)F)cs1. The van der Waals surface area contributed by atoms with Gasteiger partial charge in [-0.15, -0.1) is 11.3 Å². The number of amides is 2. The summed E-state index contributed by atoms with van der Waals surface area (Å²) in [5.74, 6) is -0.903. The van der Waals surface area contributed by atoms with Crippen LogP contribution >= 0.6 is 11.3 Å². The van der Waals surface area contributed by atoms with Crippen molar-refractivity contribution >= 4 is 28.3 Å². The molecular weight excluding hydrogens is 283 g/mol. The third-order valence-corrected chi connectivity index (χ3v) is 2.72. The van der Waals surface area contributed by atoms with Crippen LogP contribution in [0.2, 0.25) is 0 Å². The van der Waals surface area contributed by atoms with Crippen molar-refractivity contribution in [3.8, 4) is 0 Å². The Morgan fingerprint density at radius 2 is 2.05 bits per heavy atom. The van der Waals surface area contributed by atoms with Crippen molar-refractivity contribution < 1.29 is 22.8 Å². The Morgan fingerprint density at radius 1 is 1.37 bits per heavy atom. The van der Waals surface area contributed by atoms with Gasteiger partial charge in [-0.1, -0.05) is 6.92 Å². The molecule has 2 amide bonds. The van der Waals surface area contributed by atoms with Gasteiger partial charge in [0, 0.05) is 11.8 Å². The molecule has 0 saturated heterocycles. The number of aromatic nitrogens is 1. The summed E-state index contributed by atoms with van der Waals surface area (Å²) in [5.41, 5.74) is -1.05. The van der Waals surface area contributed by atoms with E-state index in [-0.39, 0.29) is 17.6 Å². The van der Waals surface area contributed by atoms with Crippen LogP contribution in [0.5, 0.6) is 0 Å². The molecule has 0 radical (unpaired) electrons. The molecule has 0 fully saturated rings. The lowest BCUT2D eigenvalue weighted by atomic mass is 10.3. The lowest BCUT2D eigenvalue weighted by Gasteiger charge is -2.04. The van der Waals surface area contributed by atoms with E-state index in [0.717, 1.165) is 5.38 Å². The van der Waals surface area contributed by atoms with E-state index in [2.05, 4.69) is 15.6 Å². The summed E-state index contributed by atoms with van der Waals surface area (Å²) >= 11 is 0.674. The number of nitrogens with zero attached hydrogens (tertiary/aromatic N) is 1. The van der Waals surface area contributed by atoms with Gasteiger partial charge < -0.3 is 10.6 Å². The van der Waals surface area contributed by atoms with Gasteiger partial charge in [0.15, 0.2) is 10.8 Å². The molecule has 9 heteroatoms. The summed E-state index contributed by atoms with van der Waals surface area (Å²) in [5, 5.41) is 5.19. The van der Waals surface area contributed by atoms with E-state index >= 15 is 0 Å². The molecular formula is C10H12F3N3O2S. The molecule has 5 nitrogen and oxygen atoms in total. The van der Waals surface area contributed by atoms with Crippen LogP contribution < -0.4 is 10.6 Å². The summed E-state index contributed by atoms with van der Waals surface area (Å²) in [6.07, 6.45) is -3.59. The van der Waals surface area contributed by atoms with Crippen molar-refractivity contribution in [1.82, 2.24) is 10.3 Å². The maximum absolute atomic E-state index is 12.3. The molecule has 1 heterocycles. The highest BCUT2D eigenvalue weighted by Crippen LogP contribution is 2.31. The molecule has 0 atom stereocenters. The minimum atomic E-state index is -4.53. The molecule has 0 spiro atoms. The molecule has 1 aromatic rings. The van der Waals surface area contributed by atoms with E-state index < -0.39 is 17.8 Å². The van der Waals surface area contributed by atoms with Crippen molar-refractivity contribution in [2.24, 2.45) is 0 Å². The van der Waals surface area contributed by atoms with Gasteiger partial charge in [-0.2, -0.15) is 13.2 Å². The van der Waals surface area contributed by atoms with Crippen LogP contribution in [0.15, 0.2) is 5.38 Å². The van der Waals surface area contributed by atoms with Gasteiger partial charge in [-0.3, -0.25) is 9.59 Å². The van der Waals surface area contributed by atoms with Crippen molar-refractivity contribution in [3.05, 3.63) is 11.1 Å². The molecule has 0 bridgehead atoms. The molecule has 0 saturated carbocycles. The second-order valence-corrected chi connectivity index (χ2v) is 4.47. The number of rotatable bonds is 5. The average Bonchev–Trinajstić information content (AvgIpc) is 2.75. The first kappa shape index (κ1) is 15.4. The molecule has 0 aliphatic rings. The second kappa shape index (κ2) is 6.50. The number of thiazole rings is 1. The molecule has 19 heavy (non-hydrogen) atoms. The normalized spacial score (nSPS) is 11.2. The number of nitrogens with one attached hydrogen (secondary N) is 2. The first-order chi connectivity index (χ1) is 8.82. The van der Waals surface area contributed by atoms with Gasteiger partial charge in [0.25, 0.3) is 0 Å². The van der Waals surface area contributed by atoms with E-state index in [9.17, 15) is 22.8 Å². The zero-order valence-electron chi connectivity index (χ0n) is 10.0. The Labute approximate surface area is 111 Å². The quantitative estimate of drug-likeness (QED) is 0.873. The number of carbonyl (C=O) groups is 2. The van der Waals surface area contributed by atoms with E-state index in [1.807, 2.05) is 6.92 Å². The molecule has 1 rings (SSSR count). The van der Waals surface area contributed by atoms with Crippen LogP contribution in [-0.4, -0.2) is 23.3 Å². The van der Waals surface area contributed by atoms with Crippen LogP contribution in [0.1, 0.15) is 25.5 Å². The van der Waals surface area contributed by atoms with E-state index in [4.69, 9.17) is 0 Å². The molecule has 0 aromatic carbocycles. The van der Waals surface area contributed by atoms with Gasteiger partial charge in [0.1, 0.15) is 0 Å². The fraction of sp³-hybridized carbons (Fsp3) is 0.500. The van der Waals surface area contributed by atoms with E-state index in [1.54, 1.807) is 0 Å². The summed E-state index contributed by atoms with van der Waals surface area (Å²) in [4.78, 5) is 25.7. The second-order valence-electron chi connectivity index (χ2n) is 3.61. The van der Waals surface area contributed by atoms with Gasteiger partial charge in [0.2, 0.25) is 11.8 Å². The summed E-state index contributed by atoms with van der Waals surface area (Å²) in [6, 6.07) is 0. The van der Waals surface area contributed by atoms with Crippen molar-refractivity contribution in [2.75, 3.05) is 11.9 Å². The smallest absolute Gasteiger partial charge is 0.347 e. The highest BCUT2D eigenvalue weighted by Gasteiger charge is 2.33. The number of hydrogen-bond donors (Lipinski definition) is 2. The largest absolute Gasteiger partial charge is 0.434 e.